The molecule has 5 rings (SSSR count). The van der Waals surface area contributed by atoms with E-state index in [9.17, 15) is 13.2 Å². The number of benzene rings is 2. The fourth-order valence-corrected chi connectivity index (χ4v) is 7.46. The Kier molecular flexibility index (Phi) is 5.40. The van der Waals surface area contributed by atoms with E-state index in [0.717, 1.165) is 54.0 Å². The third-order valence-corrected chi connectivity index (χ3v) is 10.2. The van der Waals surface area contributed by atoms with Crippen LogP contribution in [0.4, 0.5) is 0 Å². The van der Waals surface area contributed by atoms with E-state index in [0.29, 0.717) is 23.5 Å². The second kappa shape index (κ2) is 8.02. The number of hydrogen-bond donors (Lipinski definition) is 0. The first-order valence-electron chi connectivity index (χ1n) is 11.9. The summed E-state index contributed by atoms with van der Waals surface area (Å²) in [5.74, 6) is 5.19. The highest BCUT2D eigenvalue weighted by atomic mass is 32.2. The van der Waals surface area contributed by atoms with Gasteiger partial charge in [-0.1, -0.05) is 30.7 Å². The predicted octanol–water partition coefficient (Wildman–Crippen LogP) is 5.05. The van der Waals surface area contributed by atoms with Gasteiger partial charge >= 0.3 is 0 Å². The number of rotatable bonds is 2. The quantitative estimate of drug-likeness (QED) is 0.465. The lowest BCUT2D eigenvalue weighted by atomic mass is 9.55. The minimum Gasteiger partial charge on any atom is -0.299 e. The molecule has 4 nitrogen and oxygen atoms in total. The molecule has 0 aromatic heterocycles. The molecule has 0 aliphatic heterocycles. The van der Waals surface area contributed by atoms with Crippen molar-refractivity contribution in [1.29, 1.82) is 0 Å². The molecule has 0 bridgehead atoms. The van der Waals surface area contributed by atoms with Crippen molar-refractivity contribution in [3.05, 3.63) is 64.7 Å². The molecule has 0 radical (unpaired) electrons. The number of carbonyl (C=O) groups is 1. The van der Waals surface area contributed by atoms with E-state index in [2.05, 4.69) is 31.0 Å². The Morgan fingerprint density at radius 3 is 2.55 bits per heavy atom. The summed E-state index contributed by atoms with van der Waals surface area (Å²) in [6.45, 7) is 4.13. The van der Waals surface area contributed by atoms with Crippen LogP contribution in [0.15, 0.2) is 47.4 Å². The predicted molar refractivity (Wildman–Crippen MR) is 129 cm³/mol. The Morgan fingerprint density at radius 2 is 1.79 bits per heavy atom. The Morgan fingerprint density at radius 1 is 1.03 bits per heavy atom. The summed E-state index contributed by atoms with van der Waals surface area (Å²) in [5.41, 5.74) is 4.51. The maximum absolute atomic E-state index is 12.8. The maximum atomic E-state index is 12.8. The van der Waals surface area contributed by atoms with E-state index in [4.69, 9.17) is 0 Å². The van der Waals surface area contributed by atoms with Crippen molar-refractivity contribution in [2.45, 2.75) is 63.2 Å². The van der Waals surface area contributed by atoms with Gasteiger partial charge in [-0.15, -0.1) is 0 Å². The molecule has 2 aromatic carbocycles. The summed E-state index contributed by atoms with van der Waals surface area (Å²) < 4.78 is 26.7. The molecule has 4 atom stereocenters. The molecule has 2 aromatic rings. The molecule has 0 spiro atoms. The van der Waals surface area contributed by atoms with Crippen molar-refractivity contribution < 1.29 is 13.2 Å². The molecule has 3 aliphatic rings. The number of nitrogens with zero attached hydrogens (tertiary/aromatic N) is 1. The highest BCUT2D eigenvalue weighted by Gasteiger charge is 2.54. The average Bonchev–Trinajstić information content (AvgIpc) is 3.11. The van der Waals surface area contributed by atoms with Crippen LogP contribution in [0.5, 0.6) is 0 Å². The van der Waals surface area contributed by atoms with Crippen LogP contribution >= 0.6 is 0 Å². The Bertz CT molecular complexity index is 1270. The average molecular weight is 462 g/mol. The van der Waals surface area contributed by atoms with Gasteiger partial charge in [0, 0.05) is 30.5 Å². The SMILES string of the molecule is Cc1ccc(S(=O)(=O)N(C)C#Cc2ccc3c(c2)CC[C@@H]2[C@@H]3CC[C@]3(C)C(=O)CC[C@@H]23)cc1. The molecular weight excluding hydrogens is 430 g/mol. The number of sulfonamides is 1. The lowest BCUT2D eigenvalue weighted by molar-refractivity contribution is -0.129. The van der Waals surface area contributed by atoms with E-state index in [1.165, 1.54) is 18.2 Å². The van der Waals surface area contributed by atoms with Crippen molar-refractivity contribution in [3.63, 3.8) is 0 Å². The Labute approximate surface area is 197 Å². The van der Waals surface area contributed by atoms with Gasteiger partial charge in [0.2, 0.25) is 0 Å². The van der Waals surface area contributed by atoms with Crippen LogP contribution in [0.2, 0.25) is 0 Å². The van der Waals surface area contributed by atoms with Gasteiger partial charge in [-0.2, -0.15) is 0 Å². The van der Waals surface area contributed by atoms with Crippen molar-refractivity contribution in [2.75, 3.05) is 7.05 Å². The molecule has 0 saturated heterocycles. The molecule has 33 heavy (non-hydrogen) atoms. The van der Waals surface area contributed by atoms with E-state index in [1.807, 2.05) is 13.0 Å². The second-order valence-electron chi connectivity index (χ2n) is 10.3. The maximum Gasteiger partial charge on any atom is 0.270 e. The van der Waals surface area contributed by atoms with Gasteiger partial charge in [-0.05, 0) is 98.1 Å². The monoisotopic (exact) mass is 461 g/mol. The lowest BCUT2D eigenvalue weighted by Crippen LogP contribution is -2.42. The zero-order valence-electron chi connectivity index (χ0n) is 19.6. The van der Waals surface area contributed by atoms with Crippen molar-refractivity contribution in [1.82, 2.24) is 4.31 Å². The van der Waals surface area contributed by atoms with Crippen molar-refractivity contribution in [2.24, 2.45) is 17.3 Å². The summed E-state index contributed by atoms with van der Waals surface area (Å²) >= 11 is 0. The fourth-order valence-electron chi connectivity index (χ4n) is 6.50. The molecule has 0 heterocycles. The minimum atomic E-state index is -3.65. The molecule has 2 fully saturated rings. The van der Waals surface area contributed by atoms with Crippen molar-refractivity contribution >= 4 is 15.8 Å². The fraction of sp³-hybridized carbons (Fsp3) is 0.464. The van der Waals surface area contributed by atoms with Gasteiger partial charge in [0.15, 0.2) is 0 Å². The normalized spacial score (nSPS) is 28.2. The summed E-state index contributed by atoms with van der Waals surface area (Å²) in [6, 6.07) is 16.0. The third kappa shape index (κ3) is 3.69. The highest BCUT2D eigenvalue weighted by Crippen LogP contribution is 2.59. The van der Waals surface area contributed by atoms with Crippen LogP contribution in [0, 0.1) is 36.1 Å². The molecule has 3 aliphatic carbocycles. The highest BCUT2D eigenvalue weighted by molar-refractivity contribution is 7.89. The standard InChI is InChI=1S/C28H31NO3S/c1-19-4-8-22(9-5-19)33(31,32)29(3)17-15-20-6-10-23-21(18-20)7-11-25-24(23)14-16-28(2)26(25)12-13-27(28)30/h4-6,8-10,18,24-26H,7,11-14,16H2,1-3H3/t24-,25-,26+,28+/m1/s1. The van der Waals surface area contributed by atoms with Crippen LogP contribution in [0.1, 0.15) is 67.2 Å². The number of carbonyl (C=O) groups excluding carboxylic acids is 1. The van der Waals surface area contributed by atoms with Gasteiger partial charge < -0.3 is 0 Å². The molecule has 2 saturated carbocycles. The molecular formula is C28H31NO3S. The number of fused-ring (bicyclic) bond motifs is 5. The first kappa shape index (κ1) is 22.2. The molecule has 0 amide bonds. The van der Waals surface area contributed by atoms with E-state index >= 15 is 0 Å². The van der Waals surface area contributed by atoms with Gasteiger partial charge in [0.25, 0.3) is 10.0 Å². The zero-order chi connectivity index (χ0) is 23.4. The van der Waals surface area contributed by atoms with Crippen LogP contribution in [-0.4, -0.2) is 25.6 Å². The van der Waals surface area contributed by atoms with E-state index in [-0.39, 0.29) is 10.3 Å². The first-order chi connectivity index (χ1) is 15.7. The topological polar surface area (TPSA) is 54.5 Å². The van der Waals surface area contributed by atoms with E-state index < -0.39 is 10.0 Å². The molecule has 172 valence electrons. The van der Waals surface area contributed by atoms with Crippen LogP contribution in [-0.2, 0) is 21.2 Å². The van der Waals surface area contributed by atoms with Crippen molar-refractivity contribution in [3.8, 4) is 12.0 Å². The smallest absolute Gasteiger partial charge is 0.270 e. The van der Waals surface area contributed by atoms with E-state index in [1.54, 1.807) is 24.3 Å². The zero-order valence-corrected chi connectivity index (χ0v) is 20.4. The van der Waals surface area contributed by atoms with Gasteiger partial charge in [-0.3, -0.25) is 4.79 Å². The number of Topliss-reactive ketones (excluding diaryl/α,β-unsaturated/α-hetero) is 1. The van der Waals surface area contributed by atoms with Gasteiger partial charge in [0.05, 0.1) is 4.90 Å². The second-order valence-corrected chi connectivity index (χ2v) is 12.2. The Balaban J connectivity index is 1.36. The summed E-state index contributed by atoms with van der Waals surface area (Å²) in [6.07, 6.45) is 6.02. The number of ketones is 1. The minimum absolute atomic E-state index is 0.0996. The third-order valence-electron chi connectivity index (χ3n) is 8.47. The van der Waals surface area contributed by atoms with Crippen LogP contribution in [0.3, 0.4) is 0 Å². The molecule has 0 N–H and O–H groups in total. The lowest BCUT2D eigenvalue weighted by Gasteiger charge is -2.48. The van der Waals surface area contributed by atoms with Crippen LogP contribution < -0.4 is 0 Å². The van der Waals surface area contributed by atoms with Gasteiger partial charge in [-0.25, -0.2) is 12.7 Å². The summed E-state index contributed by atoms with van der Waals surface area (Å²) in [4.78, 5) is 12.8. The number of hydrogen-bond acceptors (Lipinski definition) is 3. The molecule has 0 unspecified atom stereocenters. The number of aryl methyl sites for hydroxylation is 2. The summed E-state index contributed by atoms with van der Waals surface area (Å²) in [5, 5.41) is 0. The first-order valence-corrected chi connectivity index (χ1v) is 13.4. The van der Waals surface area contributed by atoms with Gasteiger partial charge in [0.1, 0.15) is 5.78 Å². The molecule has 5 heteroatoms. The summed E-state index contributed by atoms with van der Waals surface area (Å²) in [7, 11) is -2.15. The largest absolute Gasteiger partial charge is 0.299 e. The Hall–Kier alpha value is -2.58. The van der Waals surface area contributed by atoms with Crippen LogP contribution in [0.25, 0.3) is 0 Å².